The number of hydrogen-bond acceptors (Lipinski definition) is 3. The number of carbonyl (C=O) groups is 1. The molecule has 0 aromatic carbocycles. The molecule has 1 amide bonds. The lowest BCUT2D eigenvalue weighted by atomic mass is 10.2. The summed E-state index contributed by atoms with van der Waals surface area (Å²) in [4.78, 5) is 13.2. The van der Waals surface area contributed by atoms with Crippen LogP contribution in [-0.2, 0) is 4.74 Å². The van der Waals surface area contributed by atoms with Crippen LogP contribution in [0.3, 0.4) is 0 Å². The summed E-state index contributed by atoms with van der Waals surface area (Å²) in [6, 6.07) is 0. The molecule has 0 rings (SSSR count). The van der Waals surface area contributed by atoms with Crippen LogP contribution in [0.2, 0.25) is 0 Å². The van der Waals surface area contributed by atoms with Gasteiger partial charge >= 0.3 is 6.09 Å². The van der Waals surface area contributed by atoms with Crippen LogP contribution in [0.25, 0.3) is 0 Å². The van der Waals surface area contributed by atoms with Crippen LogP contribution < -0.4 is 0 Å². The van der Waals surface area contributed by atoms with E-state index in [1.165, 1.54) is 4.90 Å². The van der Waals surface area contributed by atoms with Crippen molar-refractivity contribution in [1.82, 2.24) is 4.90 Å². The molecule has 0 bridgehead atoms. The molecule has 4 heteroatoms. The van der Waals surface area contributed by atoms with E-state index in [0.717, 1.165) is 0 Å². The van der Waals surface area contributed by atoms with Crippen molar-refractivity contribution in [3.05, 3.63) is 18.4 Å². The maximum absolute atomic E-state index is 11.7. The van der Waals surface area contributed by atoms with E-state index in [9.17, 15) is 4.79 Å². The fourth-order valence-electron chi connectivity index (χ4n) is 1.02. The van der Waals surface area contributed by atoms with E-state index in [-0.39, 0.29) is 12.7 Å². The van der Waals surface area contributed by atoms with Gasteiger partial charge in [-0.3, -0.25) is 0 Å². The van der Waals surface area contributed by atoms with Crippen LogP contribution in [-0.4, -0.2) is 41.4 Å². The fourth-order valence-corrected chi connectivity index (χ4v) is 1.02. The maximum atomic E-state index is 11.7. The zero-order valence-corrected chi connectivity index (χ0v) is 10.3. The van der Waals surface area contributed by atoms with E-state index in [1.54, 1.807) is 6.08 Å². The van der Waals surface area contributed by atoms with Gasteiger partial charge in [-0.2, -0.15) is 0 Å². The van der Waals surface area contributed by atoms with Gasteiger partial charge in [0, 0.05) is 19.7 Å². The van der Waals surface area contributed by atoms with E-state index in [4.69, 9.17) is 9.84 Å². The average Bonchev–Trinajstić information content (AvgIpc) is 2.15. The molecular formula is C12H21NO3. The highest BCUT2D eigenvalue weighted by atomic mass is 16.6. The molecule has 4 nitrogen and oxygen atoms in total. The van der Waals surface area contributed by atoms with Crippen molar-refractivity contribution < 1.29 is 14.6 Å². The molecule has 0 saturated carbocycles. The van der Waals surface area contributed by atoms with Gasteiger partial charge in [0.1, 0.15) is 5.60 Å². The predicted molar refractivity (Wildman–Crippen MR) is 63.2 cm³/mol. The van der Waals surface area contributed by atoms with Gasteiger partial charge in [0.05, 0.1) is 0 Å². The van der Waals surface area contributed by atoms with Crippen LogP contribution in [0.5, 0.6) is 0 Å². The quantitative estimate of drug-likeness (QED) is 0.730. The summed E-state index contributed by atoms with van der Waals surface area (Å²) in [5.41, 5.74) is 2.10. The zero-order valence-electron chi connectivity index (χ0n) is 10.3. The molecule has 0 unspecified atom stereocenters. The third-order valence-electron chi connectivity index (χ3n) is 1.69. The second-order valence-electron chi connectivity index (χ2n) is 4.41. The molecular weight excluding hydrogens is 206 g/mol. The first-order valence-electron chi connectivity index (χ1n) is 5.34. The Morgan fingerprint density at radius 2 is 2.19 bits per heavy atom. The number of aliphatic hydroxyl groups is 1. The standard InChI is InChI=1S/C12H21NO3/c1-5-6-8-13(9-7-10-14)11(15)16-12(2,3)4/h6,14H,1,7-10H2,2-4H3. The highest BCUT2D eigenvalue weighted by Crippen LogP contribution is 2.10. The summed E-state index contributed by atoms with van der Waals surface area (Å²) in [5.74, 6) is 0. The molecule has 0 atom stereocenters. The first kappa shape index (κ1) is 14.8. The normalized spacial score (nSPS) is 10.5. The van der Waals surface area contributed by atoms with Gasteiger partial charge in [-0.25, -0.2) is 4.79 Å². The summed E-state index contributed by atoms with van der Waals surface area (Å²) in [5, 5.41) is 8.74. The van der Waals surface area contributed by atoms with E-state index < -0.39 is 5.60 Å². The van der Waals surface area contributed by atoms with Gasteiger partial charge in [-0.05, 0) is 33.3 Å². The minimum Gasteiger partial charge on any atom is -0.444 e. The lowest BCUT2D eigenvalue weighted by molar-refractivity contribution is 0.0263. The molecule has 0 radical (unpaired) electrons. The lowest BCUT2D eigenvalue weighted by Crippen LogP contribution is -2.37. The van der Waals surface area contributed by atoms with Crippen LogP contribution in [0.15, 0.2) is 18.4 Å². The Hall–Kier alpha value is -1.25. The summed E-state index contributed by atoms with van der Waals surface area (Å²) in [7, 11) is 0. The van der Waals surface area contributed by atoms with Gasteiger partial charge in [-0.1, -0.05) is 6.58 Å². The molecule has 16 heavy (non-hydrogen) atoms. The van der Waals surface area contributed by atoms with Crippen LogP contribution in [0.1, 0.15) is 27.2 Å². The fraction of sp³-hybridized carbons (Fsp3) is 0.667. The maximum Gasteiger partial charge on any atom is 0.410 e. The predicted octanol–water partition coefficient (Wildman–Crippen LogP) is 1.95. The second-order valence-corrected chi connectivity index (χ2v) is 4.41. The number of amides is 1. The van der Waals surface area contributed by atoms with Crippen LogP contribution in [0, 0.1) is 0 Å². The molecule has 0 saturated heterocycles. The first-order valence-corrected chi connectivity index (χ1v) is 5.34. The third-order valence-corrected chi connectivity index (χ3v) is 1.69. The Balaban J connectivity index is 4.36. The Morgan fingerprint density at radius 3 is 2.62 bits per heavy atom. The summed E-state index contributed by atoms with van der Waals surface area (Å²) in [6.07, 6.45) is 1.80. The number of nitrogens with zero attached hydrogens (tertiary/aromatic N) is 1. The molecule has 0 aromatic rings. The van der Waals surface area contributed by atoms with Crippen molar-refractivity contribution in [3.8, 4) is 0 Å². The first-order chi connectivity index (χ1) is 7.40. The molecule has 0 aliphatic heterocycles. The summed E-state index contributed by atoms with van der Waals surface area (Å²) < 4.78 is 5.23. The van der Waals surface area contributed by atoms with E-state index >= 15 is 0 Å². The van der Waals surface area contributed by atoms with Crippen molar-refractivity contribution in [2.45, 2.75) is 32.8 Å². The second kappa shape index (κ2) is 7.09. The van der Waals surface area contributed by atoms with Gasteiger partial charge in [0.25, 0.3) is 0 Å². The minimum absolute atomic E-state index is 0.0527. The Morgan fingerprint density at radius 1 is 1.56 bits per heavy atom. The monoisotopic (exact) mass is 227 g/mol. The van der Waals surface area contributed by atoms with Crippen LogP contribution in [0.4, 0.5) is 4.79 Å². The number of hydrogen-bond donors (Lipinski definition) is 1. The van der Waals surface area contributed by atoms with Gasteiger partial charge in [0.2, 0.25) is 0 Å². The van der Waals surface area contributed by atoms with Gasteiger partial charge in [-0.15, -0.1) is 5.73 Å². The molecule has 0 aromatic heterocycles. The van der Waals surface area contributed by atoms with Crippen molar-refractivity contribution in [2.75, 3.05) is 19.7 Å². The number of carbonyl (C=O) groups excluding carboxylic acids is 1. The number of rotatable bonds is 5. The summed E-state index contributed by atoms with van der Waals surface area (Å²) >= 11 is 0. The average molecular weight is 227 g/mol. The van der Waals surface area contributed by atoms with Gasteiger partial charge in [0.15, 0.2) is 0 Å². The Labute approximate surface area is 97.2 Å². The Kier molecular flexibility index (Phi) is 6.54. The SMILES string of the molecule is C=C=CCN(CCCO)C(=O)OC(C)(C)C. The summed E-state index contributed by atoms with van der Waals surface area (Å²) in [6.45, 7) is 9.81. The third kappa shape index (κ3) is 7.10. The van der Waals surface area contributed by atoms with Crippen molar-refractivity contribution in [3.63, 3.8) is 0 Å². The molecule has 0 spiro atoms. The zero-order chi connectivity index (χ0) is 12.6. The molecule has 0 heterocycles. The highest BCUT2D eigenvalue weighted by molar-refractivity contribution is 5.68. The van der Waals surface area contributed by atoms with E-state index in [2.05, 4.69) is 12.3 Å². The molecule has 0 aliphatic carbocycles. The molecule has 0 fully saturated rings. The largest absolute Gasteiger partial charge is 0.444 e. The number of ether oxygens (including phenoxy) is 1. The Bertz CT molecular complexity index is 262. The van der Waals surface area contributed by atoms with E-state index in [0.29, 0.717) is 19.5 Å². The van der Waals surface area contributed by atoms with Crippen molar-refractivity contribution >= 4 is 6.09 Å². The van der Waals surface area contributed by atoms with Crippen molar-refractivity contribution in [1.29, 1.82) is 0 Å². The van der Waals surface area contributed by atoms with Crippen LogP contribution >= 0.6 is 0 Å². The smallest absolute Gasteiger partial charge is 0.410 e. The van der Waals surface area contributed by atoms with Crippen molar-refractivity contribution in [2.24, 2.45) is 0 Å². The minimum atomic E-state index is -0.507. The molecule has 92 valence electrons. The lowest BCUT2D eigenvalue weighted by Gasteiger charge is -2.26. The topological polar surface area (TPSA) is 49.8 Å². The molecule has 0 aliphatic rings. The molecule has 1 N–H and O–H groups in total. The van der Waals surface area contributed by atoms with Gasteiger partial charge < -0.3 is 14.7 Å². The number of aliphatic hydroxyl groups excluding tert-OH is 1. The highest BCUT2D eigenvalue weighted by Gasteiger charge is 2.20. The van der Waals surface area contributed by atoms with E-state index in [1.807, 2.05) is 20.8 Å².